The number of piperidine rings is 1. The minimum atomic E-state index is -3.43. The highest BCUT2D eigenvalue weighted by molar-refractivity contribution is 7.86. The number of hydrogen-bond donors (Lipinski definition) is 1. The fourth-order valence-electron chi connectivity index (χ4n) is 2.74. The number of pyridine rings is 1. The normalized spacial score (nSPS) is 17.2. The number of aromatic nitrogens is 1. The molecule has 0 spiro atoms. The lowest BCUT2D eigenvalue weighted by atomic mass is 9.97. The first-order valence-electron chi connectivity index (χ1n) is 8.06. The van der Waals surface area contributed by atoms with Gasteiger partial charge in [-0.2, -0.15) is 17.0 Å². The molecule has 1 fully saturated rings. The van der Waals surface area contributed by atoms with E-state index in [0.717, 1.165) is 0 Å². The van der Waals surface area contributed by atoms with Gasteiger partial charge in [0.25, 0.3) is 10.2 Å². The summed E-state index contributed by atoms with van der Waals surface area (Å²) in [7, 11) is -3.43. The van der Waals surface area contributed by atoms with Gasteiger partial charge in [0, 0.05) is 38.3 Å². The van der Waals surface area contributed by atoms with E-state index >= 15 is 0 Å². The van der Waals surface area contributed by atoms with E-state index in [1.807, 2.05) is 13.8 Å². The van der Waals surface area contributed by atoms with Crippen molar-refractivity contribution in [1.82, 2.24) is 13.6 Å². The molecule has 1 amide bonds. The molecule has 2 rings (SSSR count). The lowest BCUT2D eigenvalue weighted by Gasteiger charge is -2.33. The fraction of sp³-hybridized carbons (Fsp3) is 0.600. The smallest absolute Gasteiger partial charge is 0.281 e. The van der Waals surface area contributed by atoms with Crippen molar-refractivity contribution in [2.75, 3.05) is 31.5 Å². The van der Waals surface area contributed by atoms with Crippen LogP contribution in [0.3, 0.4) is 0 Å². The Morgan fingerprint density at radius 2 is 1.96 bits per heavy atom. The van der Waals surface area contributed by atoms with Crippen molar-refractivity contribution in [1.29, 1.82) is 0 Å². The number of hydrogen-bond acceptors (Lipinski definition) is 4. The molecular formula is C15H23ClN4O3S. The van der Waals surface area contributed by atoms with Gasteiger partial charge in [-0.25, -0.2) is 4.98 Å². The van der Waals surface area contributed by atoms with Crippen LogP contribution in [0.25, 0.3) is 0 Å². The first kappa shape index (κ1) is 19.1. The van der Waals surface area contributed by atoms with Crippen molar-refractivity contribution in [3.63, 3.8) is 0 Å². The van der Waals surface area contributed by atoms with Gasteiger partial charge in [-0.15, -0.1) is 0 Å². The zero-order valence-electron chi connectivity index (χ0n) is 13.9. The van der Waals surface area contributed by atoms with Gasteiger partial charge in [-0.3, -0.25) is 4.79 Å². The molecule has 0 atom stereocenters. The first-order valence-corrected chi connectivity index (χ1v) is 9.83. The second-order valence-electron chi connectivity index (χ2n) is 5.62. The summed E-state index contributed by atoms with van der Waals surface area (Å²) in [6.45, 7) is 5.24. The van der Waals surface area contributed by atoms with Crippen LogP contribution in [0, 0.1) is 5.92 Å². The van der Waals surface area contributed by atoms with Crippen LogP contribution < -0.4 is 5.32 Å². The van der Waals surface area contributed by atoms with Crippen molar-refractivity contribution >= 4 is 33.5 Å². The fourth-order valence-corrected chi connectivity index (χ4v) is 4.50. The van der Waals surface area contributed by atoms with Gasteiger partial charge in [-0.1, -0.05) is 25.4 Å². The third-order valence-corrected chi connectivity index (χ3v) is 6.57. The van der Waals surface area contributed by atoms with Gasteiger partial charge in [-0.05, 0) is 25.0 Å². The molecular weight excluding hydrogens is 352 g/mol. The Labute approximate surface area is 148 Å². The summed E-state index contributed by atoms with van der Waals surface area (Å²) in [6.07, 6.45) is 2.47. The number of nitrogens with zero attached hydrogens (tertiary/aromatic N) is 3. The summed E-state index contributed by atoms with van der Waals surface area (Å²) in [5.74, 6) is 0.0953. The zero-order chi connectivity index (χ0) is 17.7. The van der Waals surface area contributed by atoms with E-state index in [9.17, 15) is 13.2 Å². The number of amides is 1. The van der Waals surface area contributed by atoms with Crippen molar-refractivity contribution in [2.24, 2.45) is 5.92 Å². The molecule has 2 heterocycles. The Bertz CT molecular complexity index is 654. The summed E-state index contributed by atoms with van der Waals surface area (Å²) in [4.78, 5) is 16.3. The predicted octanol–water partition coefficient (Wildman–Crippen LogP) is 1.97. The third-order valence-electron chi connectivity index (χ3n) is 4.16. The average Bonchev–Trinajstić information content (AvgIpc) is 2.58. The summed E-state index contributed by atoms with van der Waals surface area (Å²) >= 11 is 5.76. The van der Waals surface area contributed by atoms with Gasteiger partial charge in [0.05, 0.1) is 5.02 Å². The highest BCUT2D eigenvalue weighted by atomic mass is 35.5. The van der Waals surface area contributed by atoms with E-state index in [1.54, 1.807) is 12.1 Å². The maximum Gasteiger partial charge on any atom is 0.281 e. The Morgan fingerprint density at radius 3 is 2.46 bits per heavy atom. The first-order chi connectivity index (χ1) is 11.4. The van der Waals surface area contributed by atoms with E-state index in [-0.39, 0.29) is 11.8 Å². The molecule has 0 saturated carbocycles. The van der Waals surface area contributed by atoms with Crippen LogP contribution in [0.2, 0.25) is 5.02 Å². The van der Waals surface area contributed by atoms with Crippen LogP contribution in [-0.2, 0) is 15.0 Å². The standard InChI is InChI=1S/C15H23ClN4O3S/c1-3-19(4-2)24(22,23)20-9-7-12(8-10-20)15(21)18-14-6-5-13(16)11-17-14/h5-6,11-12H,3-4,7-10H2,1-2H3,(H,17,18,21). The van der Waals surface area contributed by atoms with Gasteiger partial charge in [0.15, 0.2) is 0 Å². The molecule has 1 N–H and O–H groups in total. The van der Waals surface area contributed by atoms with Crippen molar-refractivity contribution < 1.29 is 13.2 Å². The van der Waals surface area contributed by atoms with Crippen LogP contribution in [0.1, 0.15) is 26.7 Å². The van der Waals surface area contributed by atoms with Gasteiger partial charge in [0.1, 0.15) is 5.82 Å². The number of carbonyl (C=O) groups is 1. The molecule has 0 bridgehead atoms. The highest BCUT2D eigenvalue weighted by Crippen LogP contribution is 2.22. The molecule has 0 unspecified atom stereocenters. The lowest BCUT2D eigenvalue weighted by Crippen LogP contribution is -2.48. The topological polar surface area (TPSA) is 82.6 Å². The number of anilines is 1. The Balaban J connectivity index is 1.92. The molecule has 134 valence electrons. The minimum Gasteiger partial charge on any atom is -0.310 e. The Kier molecular flexibility index (Phi) is 6.56. The SMILES string of the molecule is CCN(CC)S(=O)(=O)N1CCC(C(=O)Nc2ccc(Cl)cn2)CC1. The summed E-state index contributed by atoms with van der Waals surface area (Å²) in [5, 5.41) is 3.25. The van der Waals surface area contributed by atoms with Gasteiger partial charge >= 0.3 is 0 Å². The molecule has 9 heteroatoms. The van der Waals surface area contributed by atoms with Crippen LogP contribution in [0.15, 0.2) is 18.3 Å². The monoisotopic (exact) mass is 374 g/mol. The molecule has 1 aliphatic heterocycles. The van der Waals surface area contributed by atoms with E-state index in [1.165, 1.54) is 14.8 Å². The van der Waals surface area contributed by atoms with Crippen molar-refractivity contribution in [3.8, 4) is 0 Å². The van der Waals surface area contributed by atoms with Gasteiger partial charge < -0.3 is 5.32 Å². The van der Waals surface area contributed by atoms with E-state index in [4.69, 9.17) is 11.6 Å². The Morgan fingerprint density at radius 1 is 1.33 bits per heavy atom. The molecule has 7 nitrogen and oxygen atoms in total. The van der Waals surface area contributed by atoms with E-state index in [0.29, 0.717) is 49.9 Å². The highest BCUT2D eigenvalue weighted by Gasteiger charge is 2.33. The quantitative estimate of drug-likeness (QED) is 0.825. The number of nitrogens with one attached hydrogen (secondary N) is 1. The molecule has 24 heavy (non-hydrogen) atoms. The average molecular weight is 375 g/mol. The molecule has 0 aromatic carbocycles. The zero-order valence-corrected chi connectivity index (χ0v) is 15.5. The van der Waals surface area contributed by atoms with Crippen LogP contribution >= 0.6 is 11.6 Å². The van der Waals surface area contributed by atoms with Crippen LogP contribution in [-0.4, -0.2) is 54.1 Å². The van der Waals surface area contributed by atoms with Crippen LogP contribution in [0.5, 0.6) is 0 Å². The summed E-state index contributed by atoms with van der Waals surface area (Å²) < 4.78 is 27.9. The molecule has 1 aromatic heterocycles. The second-order valence-corrected chi connectivity index (χ2v) is 7.98. The minimum absolute atomic E-state index is 0.135. The maximum absolute atomic E-state index is 12.5. The molecule has 0 radical (unpaired) electrons. The molecule has 1 aliphatic rings. The number of halogens is 1. The largest absolute Gasteiger partial charge is 0.310 e. The second kappa shape index (κ2) is 8.24. The lowest BCUT2D eigenvalue weighted by molar-refractivity contribution is -0.120. The third kappa shape index (κ3) is 4.44. The predicted molar refractivity (Wildman–Crippen MR) is 94.0 cm³/mol. The molecule has 1 aromatic rings. The van der Waals surface area contributed by atoms with Gasteiger partial charge in [0.2, 0.25) is 5.91 Å². The van der Waals surface area contributed by atoms with Crippen LogP contribution in [0.4, 0.5) is 5.82 Å². The molecule has 1 saturated heterocycles. The maximum atomic E-state index is 12.5. The number of carbonyl (C=O) groups excluding carboxylic acids is 1. The van der Waals surface area contributed by atoms with E-state index < -0.39 is 10.2 Å². The molecule has 0 aliphatic carbocycles. The Hall–Kier alpha value is -1.22. The van der Waals surface area contributed by atoms with E-state index in [2.05, 4.69) is 10.3 Å². The van der Waals surface area contributed by atoms with Crippen molar-refractivity contribution in [3.05, 3.63) is 23.4 Å². The number of rotatable bonds is 6. The summed E-state index contributed by atoms with van der Waals surface area (Å²) in [5.41, 5.74) is 0. The summed E-state index contributed by atoms with van der Waals surface area (Å²) in [6, 6.07) is 3.30. The van der Waals surface area contributed by atoms with Crippen molar-refractivity contribution in [2.45, 2.75) is 26.7 Å².